The summed E-state index contributed by atoms with van der Waals surface area (Å²) in [5.41, 5.74) is 2.43. The first-order valence-electron chi connectivity index (χ1n) is 8.54. The second kappa shape index (κ2) is 7.25. The maximum Gasteiger partial charge on any atom is 0.232 e. The zero-order chi connectivity index (χ0) is 18.8. The van der Waals surface area contributed by atoms with Crippen LogP contribution in [0.4, 0.5) is 11.4 Å². The first kappa shape index (κ1) is 17.3. The van der Waals surface area contributed by atoms with E-state index in [4.69, 9.17) is 10.1 Å². The summed E-state index contributed by atoms with van der Waals surface area (Å²) in [6.45, 7) is 0. The molecule has 1 N–H and O–H groups in total. The lowest BCUT2D eigenvalue weighted by Crippen LogP contribution is -2.27. The number of anilines is 2. The van der Waals surface area contributed by atoms with Gasteiger partial charge in [-0.25, -0.2) is 8.51 Å². The topological polar surface area (TPSA) is 56.6 Å². The van der Waals surface area contributed by atoms with Crippen molar-refractivity contribution in [3.05, 3.63) is 90.5 Å². The van der Waals surface area contributed by atoms with Crippen LogP contribution in [0.1, 0.15) is 11.6 Å². The minimum absolute atomic E-state index is 0.272. The van der Waals surface area contributed by atoms with E-state index >= 15 is 0 Å². The predicted octanol–water partition coefficient (Wildman–Crippen LogP) is 4.32. The minimum atomic E-state index is -1.56. The molecule has 1 fully saturated rings. The molecule has 1 saturated heterocycles. The number of hydrogen-bond donors (Lipinski definition) is 1. The molecular formula is C21H19N3O2S. The molecule has 0 bridgehead atoms. The Kier molecular flexibility index (Phi) is 4.64. The molecule has 3 aromatic carbocycles. The molecule has 3 aromatic rings. The molecule has 136 valence electrons. The van der Waals surface area contributed by atoms with E-state index < -0.39 is 17.2 Å². The quantitative estimate of drug-likeness (QED) is 0.736. The van der Waals surface area contributed by atoms with Gasteiger partial charge < -0.3 is 4.74 Å². The van der Waals surface area contributed by atoms with Crippen LogP contribution in [-0.4, -0.2) is 17.2 Å². The fraction of sp³-hybridized carbons (Fsp3) is 0.0952. The van der Waals surface area contributed by atoms with Crippen LogP contribution in [0.2, 0.25) is 0 Å². The van der Waals surface area contributed by atoms with Crippen molar-refractivity contribution < 1.29 is 8.95 Å². The van der Waals surface area contributed by atoms with E-state index in [0.29, 0.717) is 0 Å². The number of amidine groups is 1. The number of nitrogens with one attached hydrogen (secondary N) is 1. The average Bonchev–Trinajstić information content (AvgIpc) is 2.99. The molecule has 6 heteroatoms. The Morgan fingerprint density at radius 1 is 0.852 bits per heavy atom. The summed E-state index contributed by atoms with van der Waals surface area (Å²) in [6.07, 6.45) is 0. The Labute approximate surface area is 161 Å². The van der Waals surface area contributed by atoms with Crippen LogP contribution >= 0.6 is 0 Å². The Hall–Kier alpha value is -3.12. The Morgan fingerprint density at radius 3 is 1.96 bits per heavy atom. The molecule has 0 aliphatic carbocycles. The van der Waals surface area contributed by atoms with Gasteiger partial charge in [0, 0.05) is 0 Å². The normalized spacial score (nSPS) is 19.4. The van der Waals surface area contributed by atoms with Crippen LogP contribution in [-0.2, 0) is 11.2 Å². The van der Waals surface area contributed by atoms with Gasteiger partial charge in [0.15, 0.2) is 0 Å². The standard InChI is InChI=1S/C21H19N3O2S/c1-26-19-14-12-16(13-15-19)20-21(22)24(18-10-6-3-7-11-18)27(25)23(20)17-8-4-2-5-9-17/h2-15,20,22H,1H3. The molecule has 0 radical (unpaired) electrons. The number of para-hydroxylation sites is 2. The van der Waals surface area contributed by atoms with E-state index in [0.717, 1.165) is 22.7 Å². The van der Waals surface area contributed by atoms with Gasteiger partial charge in [-0.3, -0.25) is 9.71 Å². The number of rotatable bonds is 4. The summed E-state index contributed by atoms with van der Waals surface area (Å²) >= 11 is -1.56. The highest BCUT2D eigenvalue weighted by atomic mass is 32.2. The molecule has 0 aromatic heterocycles. The van der Waals surface area contributed by atoms with Crippen molar-refractivity contribution in [2.45, 2.75) is 6.04 Å². The minimum Gasteiger partial charge on any atom is -0.497 e. The van der Waals surface area contributed by atoms with Crippen LogP contribution in [0.3, 0.4) is 0 Å². The van der Waals surface area contributed by atoms with E-state index in [9.17, 15) is 4.21 Å². The van der Waals surface area contributed by atoms with Crippen molar-refractivity contribution in [3.63, 3.8) is 0 Å². The maximum atomic E-state index is 13.4. The molecular weight excluding hydrogens is 358 g/mol. The number of ether oxygens (including phenoxy) is 1. The lowest BCUT2D eigenvalue weighted by Gasteiger charge is -2.23. The van der Waals surface area contributed by atoms with Crippen molar-refractivity contribution in [3.8, 4) is 5.75 Å². The third-order valence-electron chi connectivity index (χ3n) is 4.47. The summed E-state index contributed by atoms with van der Waals surface area (Å²) in [7, 11) is 1.62. The molecule has 2 unspecified atom stereocenters. The van der Waals surface area contributed by atoms with Crippen molar-refractivity contribution >= 4 is 28.4 Å². The van der Waals surface area contributed by atoms with Gasteiger partial charge >= 0.3 is 0 Å². The lowest BCUT2D eigenvalue weighted by molar-refractivity contribution is 0.414. The zero-order valence-electron chi connectivity index (χ0n) is 14.8. The van der Waals surface area contributed by atoms with Gasteiger partial charge in [-0.1, -0.05) is 48.5 Å². The zero-order valence-corrected chi connectivity index (χ0v) is 15.6. The average molecular weight is 377 g/mol. The fourth-order valence-corrected chi connectivity index (χ4v) is 4.62. The molecule has 0 amide bonds. The largest absolute Gasteiger partial charge is 0.497 e. The van der Waals surface area contributed by atoms with Crippen molar-refractivity contribution in [2.75, 3.05) is 15.7 Å². The molecule has 1 aliphatic rings. The SMILES string of the molecule is COc1ccc(C2C(=N)N(c3ccccc3)S(=O)N2c2ccccc2)cc1. The Bertz CT molecular complexity index is 962. The van der Waals surface area contributed by atoms with E-state index in [1.165, 1.54) is 0 Å². The lowest BCUT2D eigenvalue weighted by atomic mass is 10.0. The predicted molar refractivity (Wildman–Crippen MR) is 109 cm³/mol. The summed E-state index contributed by atoms with van der Waals surface area (Å²) < 4.78 is 22.0. The molecule has 1 heterocycles. The molecule has 5 nitrogen and oxygen atoms in total. The van der Waals surface area contributed by atoms with Gasteiger partial charge in [0.25, 0.3) is 0 Å². The van der Waals surface area contributed by atoms with Crippen molar-refractivity contribution in [2.24, 2.45) is 0 Å². The molecule has 0 spiro atoms. The molecule has 1 aliphatic heterocycles. The number of hydrogen-bond acceptors (Lipinski definition) is 3. The summed E-state index contributed by atoms with van der Waals surface area (Å²) in [5.74, 6) is 1.02. The van der Waals surface area contributed by atoms with Crippen LogP contribution < -0.4 is 13.3 Å². The molecule has 27 heavy (non-hydrogen) atoms. The van der Waals surface area contributed by atoms with Crippen LogP contribution in [0.25, 0.3) is 0 Å². The van der Waals surface area contributed by atoms with Crippen molar-refractivity contribution in [1.29, 1.82) is 5.41 Å². The second-order valence-corrected chi connectivity index (χ2v) is 7.30. The van der Waals surface area contributed by atoms with Gasteiger partial charge in [-0.15, -0.1) is 0 Å². The molecule has 0 saturated carbocycles. The van der Waals surface area contributed by atoms with Gasteiger partial charge in [0.05, 0.1) is 18.5 Å². The highest BCUT2D eigenvalue weighted by Crippen LogP contribution is 2.39. The summed E-state index contributed by atoms with van der Waals surface area (Å²) in [5, 5.41) is 8.81. The molecule has 4 rings (SSSR count). The fourth-order valence-electron chi connectivity index (χ4n) is 3.17. The van der Waals surface area contributed by atoms with Gasteiger partial charge in [-0.2, -0.15) is 0 Å². The van der Waals surface area contributed by atoms with E-state index in [2.05, 4.69) is 0 Å². The monoisotopic (exact) mass is 377 g/mol. The van der Waals surface area contributed by atoms with Crippen LogP contribution in [0.15, 0.2) is 84.9 Å². The van der Waals surface area contributed by atoms with Crippen LogP contribution in [0, 0.1) is 5.41 Å². The van der Waals surface area contributed by atoms with Gasteiger partial charge in [0.2, 0.25) is 11.2 Å². The highest BCUT2D eigenvalue weighted by molar-refractivity contribution is 7.89. The summed E-state index contributed by atoms with van der Waals surface area (Å²) in [4.78, 5) is 0. The third kappa shape index (κ3) is 3.08. The highest BCUT2D eigenvalue weighted by Gasteiger charge is 2.44. The third-order valence-corrected chi connectivity index (χ3v) is 5.95. The first-order valence-corrected chi connectivity index (χ1v) is 9.61. The number of methoxy groups -OCH3 is 1. The van der Waals surface area contributed by atoms with E-state index in [-0.39, 0.29) is 5.84 Å². The van der Waals surface area contributed by atoms with Gasteiger partial charge in [0.1, 0.15) is 17.6 Å². The number of nitrogens with zero attached hydrogens (tertiary/aromatic N) is 2. The van der Waals surface area contributed by atoms with E-state index in [1.807, 2.05) is 84.9 Å². The smallest absolute Gasteiger partial charge is 0.232 e. The Morgan fingerprint density at radius 2 is 1.41 bits per heavy atom. The van der Waals surface area contributed by atoms with Crippen LogP contribution in [0.5, 0.6) is 5.75 Å². The number of benzene rings is 3. The maximum absolute atomic E-state index is 13.4. The first-order chi connectivity index (χ1) is 13.2. The van der Waals surface area contributed by atoms with Gasteiger partial charge in [-0.05, 0) is 42.0 Å². The van der Waals surface area contributed by atoms with E-state index in [1.54, 1.807) is 15.7 Å². The molecule has 2 atom stereocenters. The summed E-state index contributed by atoms with van der Waals surface area (Å²) in [6, 6.07) is 26.1. The second-order valence-electron chi connectivity index (χ2n) is 6.08. The Balaban J connectivity index is 1.82. The van der Waals surface area contributed by atoms with Crippen molar-refractivity contribution in [1.82, 2.24) is 0 Å².